The topological polar surface area (TPSA) is 83.1 Å². The zero-order valence-electron chi connectivity index (χ0n) is 16.7. The summed E-state index contributed by atoms with van der Waals surface area (Å²) in [6.45, 7) is 5.64. The Bertz CT molecular complexity index is 1010. The highest BCUT2D eigenvalue weighted by Crippen LogP contribution is 2.24. The Kier molecular flexibility index (Phi) is 6.24. The van der Waals surface area contributed by atoms with Crippen molar-refractivity contribution in [1.82, 2.24) is 4.98 Å². The molecule has 0 atom stereocenters. The van der Waals surface area contributed by atoms with Gasteiger partial charge in [0, 0.05) is 35.9 Å². The van der Waals surface area contributed by atoms with Crippen molar-refractivity contribution in [3.8, 4) is 0 Å². The third kappa shape index (κ3) is 5.42. The van der Waals surface area contributed by atoms with Gasteiger partial charge in [0.15, 0.2) is 0 Å². The van der Waals surface area contributed by atoms with Crippen molar-refractivity contribution in [1.29, 1.82) is 0 Å². The lowest BCUT2D eigenvalue weighted by molar-refractivity contribution is -0.114. The van der Waals surface area contributed by atoms with Crippen LogP contribution in [0.25, 0.3) is 0 Å². The minimum atomic E-state index is -0.261. The van der Waals surface area contributed by atoms with E-state index in [0.29, 0.717) is 11.6 Å². The molecule has 148 valence electrons. The molecule has 0 spiro atoms. The maximum absolute atomic E-state index is 12.7. The zero-order chi connectivity index (χ0) is 20.8. The van der Waals surface area contributed by atoms with Gasteiger partial charge in [0.2, 0.25) is 5.91 Å². The number of aromatic nitrogens is 1. The number of para-hydroxylation sites is 1. The number of carbonyl (C=O) groups excluding carboxylic acids is 2. The van der Waals surface area contributed by atoms with Crippen molar-refractivity contribution in [3.63, 3.8) is 0 Å². The van der Waals surface area contributed by atoms with Gasteiger partial charge in [-0.15, -0.1) is 0 Å². The number of amides is 2. The minimum absolute atomic E-state index is 0.116. The normalized spacial score (nSPS) is 10.5. The molecular formula is C23H24N4O2. The Morgan fingerprint density at radius 3 is 2.24 bits per heavy atom. The third-order valence-corrected chi connectivity index (χ3v) is 4.32. The first kappa shape index (κ1) is 20.1. The highest BCUT2D eigenvalue weighted by molar-refractivity contribution is 6.03. The van der Waals surface area contributed by atoms with E-state index < -0.39 is 0 Å². The van der Waals surface area contributed by atoms with E-state index in [4.69, 9.17) is 0 Å². The molecule has 3 N–H and O–H groups in total. The molecule has 6 nitrogen and oxygen atoms in total. The fourth-order valence-corrected chi connectivity index (χ4v) is 2.94. The van der Waals surface area contributed by atoms with Gasteiger partial charge >= 0.3 is 0 Å². The van der Waals surface area contributed by atoms with Gasteiger partial charge in [0.1, 0.15) is 5.69 Å². The Labute approximate surface area is 170 Å². The molecule has 0 bridgehead atoms. The predicted octanol–water partition coefficient (Wildman–Crippen LogP) is 5.16. The maximum Gasteiger partial charge on any atom is 0.274 e. The summed E-state index contributed by atoms with van der Waals surface area (Å²) in [5.41, 5.74) is 4.50. The molecule has 0 aliphatic rings. The summed E-state index contributed by atoms with van der Waals surface area (Å²) in [5.74, 6) is -0.0785. The fraction of sp³-hybridized carbons (Fsp3) is 0.174. The van der Waals surface area contributed by atoms with Crippen molar-refractivity contribution < 1.29 is 9.59 Å². The van der Waals surface area contributed by atoms with E-state index in [1.807, 2.05) is 36.4 Å². The van der Waals surface area contributed by atoms with Gasteiger partial charge in [-0.2, -0.15) is 0 Å². The van der Waals surface area contributed by atoms with Gasteiger partial charge < -0.3 is 16.0 Å². The van der Waals surface area contributed by atoms with E-state index in [9.17, 15) is 9.59 Å². The van der Waals surface area contributed by atoms with Crippen LogP contribution in [0.1, 0.15) is 42.7 Å². The third-order valence-electron chi connectivity index (χ3n) is 4.32. The van der Waals surface area contributed by atoms with Crippen LogP contribution in [0.3, 0.4) is 0 Å². The largest absolute Gasteiger partial charge is 0.355 e. The number of benzene rings is 2. The van der Waals surface area contributed by atoms with E-state index in [1.165, 1.54) is 6.92 Å². The molecule has 3 rings (SSSR count). The molecule has 0 saturated heterocycles. The lowest BCUT2D eigenvalue weighted by Crippen LogP contribution is -2.15. The molecule has 2 aromatic carbocycles. The fourth-order valence-electron chi connectivity index (χ4n) is 2.94. The van der Waals surface area contributed by atoms with Crippen molar-refractivity contribution in [2.45, 2.75) is 26.7 Å². The van der Waals surface area contributed by atoms with Crippen LogP contribution in [0.2, 0.25) is 0 Å². The van der Waals surface area contributed by atoms with Crippen LogP contribution in [-0.4, -0.2) is 16.8 Å². The zero-order valence-corrected chi connectivity index (χ0v) is 16.7. The van der Waals surface area contributed by atoms with Crippen LogP contribution in [0.4, 0.5) is 22.7 Å². The summed E-state index contributed by atoms with van der Waals surface area (Å²) in [6.07, 6.45) is 1.59. The number of hydrogen-bond acceptors (Lipinski definition) is 4. The summed E-state index contributed by atoms with van der Waals surface area (Å²) in [5, 5.41) is 8.92. The Morgan fingerprint density at radius 1 is 0.862 bits per heavy atom. The smallest absolute Gasteiger partial charge is 0.274 e. The first-order valence-corrected chi connectivity index (χ1v) is 9.43. The molecule has 0 aliphatic heterocycles. The molecule has 2 amide bonds. The average molecular weight is 388 g/mol. The quantitative estimate of drug-likeness (QED) is 0.545. The average Bonchev–Trinajstić information content (AvgIpc) is 2.69. The van der Waals surface area contributed by atoms with Crippen LogP contribution in [0.5, 0.6) is 0 Å². The minimum Gasteiger partial charge on any atom is -0.355 e. The van der Waals surface area contributed by atoms with Gasteiger partial charge in [0.25, 0.3) is 5.91 Å². The van der Waals surface area contributed by atoms with Crippen molar-refractivity contribution in [2.75, 3.05) is 16.0 Å². The van der Waals surface area contributed by atoms with Crippen LogP contribution in [-0.2, 0) is 4.79 Å². The molecule has 3 aromatic rings. The number of anilines is 4. The number of nitrogens with one attached hydrogen (secondary N) is 3. The van der Waals surface area contributed by atoms with Gasteiger partial charge in [-0.3, -0.25) is 14.6 Å². The number of hydrogen-bond donors (Lipinski definition) is 3. The van der Waals surface area contributed by atoms with Crippen LogP contribution >= 0.6 is 0 Å². The summed E-state index contributed by atoms with van der Waals surface area (Å²) in [4.78, 5) is 28.0. The molecule has 1 heterocycles. The summed E-state index contributed by atoms with van der Waals surface area (Å²) < 4.78 is 0. The standard InChI is InChI=1S/C23H24N4O2/c1-15(2)20-6-4-5-7-21(20)27-23(29)22-14-19(12-13-24-22)26-18-10-8-17(9-11-18)25-16(3)28/h4-15H,1-3H3,(H,24,26)(H,25,28)(H,27,29). The number of nitrogens with zero attached hydrogens (tertiary/aromatic N) is 1. The lowest BCUT2D eigenvalue weighted by Gasteiger charge is -2.14. The lowest BCUT2D eigenvalue weighted by atomic mass is 10.0. The van der Waals surface area contributed by atoms with Gasteiger partial charge in [0.05, 0.1) is 0 Å². The number of pyridine rings is 1. The van der Waals surface area contributed by atoms with E-state index in [2.05, 4.69) is 34.8 Å². The molecule has 0 fully saturated rings. The van der Waals surface area contributed by atoms with E-state index >= 15 is 0 Å². The predicted molar refractivity (Wildman–Crippen MR) is 117 cm³/mol. The monoisotopic (exact) mass is 388 g/mol. The van der Waals surface area contributed by atoms with E-state index in [0.717, 1.165) is 28.3 Å². The summed E-state index contributed by atoms with van der Waals surface area (Å²) in [7, 11) is 0. The van der Waals surface area contributed by atoms with Crippen LogP contribution in [0.15, 0.2) is 66.9 Å². The Balaban J connectivity index is 1.72. The van der Waals surface area contributed by atoms with Crippen molar-refractivity contribution in [2.24, 2.45) is 0 Å². The second kappa shape index (κ2) is 9.01. The van der Waals surface area contributed by atoms with Crippen molar-refractivity contribution in [3.05, 3.63) is 78.1 Å². The van der Waals surface area contributed by atoms with Crippen LogP contribution < -0.4 is 16.0 Å². The summed E-state index contributed by atoms with van der Waals surface area (Å²) in [6, 6.07) is 18.6. The first-order valence-electron chi connectivity index (χ1n) is 9.43. The van der Waals surface area contributed by atoms with Crippen molar-refractivity contribution >= 4 is 34.6 Å². The molecule has 6 heteroatoms. The highest BCUT2D eigenvalue weighted by Gasteiger charge is 2.12. The van der Waals surface area contributed by atoms with E-state index in [1.54, 1.807) is 30.5 Å². The van der Waals surface area contributed by atoms with Crippen LogP contribution in [0, 0.1) is 0 Å². The summed E-state index contributed by atoms with van der Waals surface area (Å²) >= 11 is 0. The molecule has 0 unspecified atom stereocenters. The van der Waals surface area contributed by atoms with Gasteiger partial charge in [-0.1, -0.05) is 32.0 Å². The number of rotatable bonds is 6. The highest BCUT2D eigenvalue weighted by atomic mass is 16.2. The number of carbonyl (C=O) groups is 2. The molecule has 29 heavy (non-hydrogen) atoms. The second-order valence-electron chi connectivity index (χ2n) is 7.01. The maximum atomic E-state index is 12.7. The van der Waals surface area contributed by atoms with Gasteiger partial charge in [-0.05, 0) is 53.9 Å². The Morgan fingerprint density at radius 2 is 1.55 bits per heavy atom. The van der Waals surface area contributed by atoms with Gasteiger partial charge in [-0.25, -0.2) is 0 Å². The Hall–Kier alpha value is -3.67. The molecule has 0 radical (unpaired) electrons. The molecule has 1 aromatic heterocycles. The second-order valence-corrected chi connectivity index (χ2v) is 7.01. The molecule has 0 saturated carbocycles. The molecular weight excluding hydrogens is 364 g/mol. The SMILES string of the molecule is CC(=O)Nc1ccc(Nc2ccnc(C(=O)Nc3ccccc3C(C)C)c2)cc1. The molecule has 0 aliphatic carbocycles. The first-order chi connectivity index (χ1) is 13.9. The van der Waals surface area contributed by atoms with E-state index in [-0.39, 0.29) is 11.8 Å².